The maximum absolute atomic E-state index is 11.9. The van der Waals surface area contributed by atoms with Crippen LogP contribution < -0.4 is 16.0 Å². The molecule has 2 aromatic rings. The number of hydrogen-bond donors (Lipinski definition) is 3. The first-order valence-corrected chi connectivity index (χ1v) is 7.99. The van der Waals surface area contributed by atoms with E-state index in [0.29, 0.717) is 5.69 Å². The molecule has 0 saturated carbocycles. The Morgan fingerprint density at radius 2 is 1.70 bits per heavy atom. The van der Waals surface area contributed by atoms with Gasteiger partial charge in [0.15, 0.2) is 0 Å². The highest BCUT2D eigenvalue weighted by molar-refractivity contribution is 9.10. The number of halogens is 1. The smallest absolute Gasteiger partial charge is 0.319 e. The van der Waals surface area contributed by atoms with E-state index in [-0.39, 0.29) is 18.5 Å². The minimum absolute atomic E-state index is 0.0898. The highest BCUT2D eigenvalue weighted by Gasteiger charge is 2.12. The zero-order valence-electron chi connectivity index (χ0n) is 12.7. The molecule has 23 heavy (non-hydrogen) atoms. The zero-order chi connectivity index (χ0) is 16.7. The molecule has 3 amide bonds. The second-order valence-electron chi connectivity index (χ2n) is 4.98. The summed E-state index contributed by atoms with van der Waals surface area (Å²) in [5, 5.41) is 8.03. The third-order valence-electron chi connectivity index (χ3n) is 3.19. The largest absolute Gasteiger partial charge is 0.348 e. The van der Waals surface area contributed by atoms with E-state index in [9.17, 15) is 9.59 Å². The Labute approximate surface area is 143 Å². The molecule has 0 aromatic heterocycles. The van der Waals surface area contributed by atoms with Gasteiger partial charge in [0.25, 0.3) is 0 Å². The summed E-state index contributed by atoms with van der Waals surface area (Å²) in [6, 6.07) is 16.2. The van der Waals surface area contributed by atoms with Crippen molar-refractivity contribution < 1.29 is 9.59 Å². The van der Waals surface area contributed by atoms with Gasteiger partial charge in [-0.3, -0.25) is 4.79 Å². The van der Waals surface area contributed by atoms with Crippen LogP contribution in [0.2, 0.25) is 0 Å². The summed E-state index contributed by atoms with van der Waals surface area (Å²) in [7, 11) is 0. The fourth-order valence-electron chi connectivity index (χ4n) is 2.05. The normalized spacial score (nSPS) is 11.4. The van der Waals surface area contributed by atoms with E-state index in [2.05, 4.69) is 31.9 Å². The first-order chi connectivity index (χ1) is 11.1. The number of urea groups is 1. The Bertz CT molecular complexity index is 677. The SMILES string of the molecule is C[C@@H](NC(=O)CNC(=O)Nc1ccccc1)c1ccccc1Br. The standard InChI is InChI=1S/C17H18BrN3O2/c1-12(14-9-5-6-10-15(14)18)20-16(22)11-19-17(23)21-13-7-3-2-4-8-13/h2-10,12H,11H2,1H3,(H,20,22)(H2,19,21,23)/t12-/m1/s1. The second-order valence-corrected chi connectivity index (χ2v) is 5.84. The van der Waals surface area contributed by atoms with E-state index in [1.54, 1.807) is 12.1 Å². The molecule has 0 aliphatic heterocycles. The minimum atomic E-state index is -0.417. The van der Waals surface area contributed by atoms with Crippen molar-refractivity contribution in [3.63, 3.8) is 0 Å². The van der Waals surface area contributed by atoms with Crippen LogP contribution in [-0.4, -0.2) is 18.5 Å². The molecular weight excluding hydrogens is 358 g/mol. The predicted octanol–water partition coefficient (Wildman–Crippen LogP) is 3.45. The average molecular weight is 376 g/mol. The monoisotopic (exact) mass is 375 g/mol. The Morgan fingerprint density at radius 1 is 1.04 bits per heavy atom. The molecule has 0 aliphatic carbocycles. The van der Waals surface area contributed by atoms with Crippen LogP contribution in [0.15, 0.2) is 59.1 Å². The highest BCUT2D eigenvalue weighted by Crippen LogP contribution is 2.22. The number of anilines is 1. The van der Waals surface area contributed by atoms with Gasteiger partial charge in [0.1, 0.15) is 0 Å². The van der Waals surface area contributed by atoms with Crippen molar-refractivity contribution in [3.8, 4) is 0 Å². The molecule has 0 heterocycles. The van der Waals surface area contributed by atoms with Crippen LogP contribution in [-0.2, 0) is 4.79 Å². The molecule has 120 valence electrons. The second kappa shape index (κ2) is 8.33. The molecule has 0 radical (unpaired) electrons. The van der Waals surface area contributed by atoms with Crippen molar-refractivity contribution in [1.29, 1.82) is 0 Å². The highest BCUT2D eigenvalue weighted by atomic mass is 79.9. The van der Waals surface area contributed by atoms with Crippen LogP contribution >= 0.6 is 15.9 Å². The molecule has 0 aliphatic rings. The van der Waals surface area contributed by atoms with Crippen LogP contribution in [0.4, 0.5) is 10.5 Å². The Kier molecular flexibility index (Phi) is 6.17. The molecule has 0 spiro atoms. The zero-order valence-corrected chi connectivity index (χ0v) is 14.3. The number of nitrogens with one attached hydrogen (secondary N) is 3. The third-order valence-corrected chi connectivity index (χ3v) is 3.91. The first-order valence-electron chi connectivity index (χ1n) is 7.20. The maximum Gasteiger partial charge on any atom is 0.319 e. The lowest BCUT2D eigenvalue weighted by atomic mass is 10.1. The van der Waals surface area contributed by atoms with Crippen LogP contribution in [0.5, 0.6) is 0 Å². The first kappa shape index (κ1) is 17.0. The van der Waals surface area contributed by atoms with Crippen molar-refractivity contribution in [3.05, 3.63) is 64.6 Å². The van der Waals surface area contributed by atoms with Gasteiger partial charge >= 0.3 is 6.03 Å². The summed E-state index contributed by atoms with van der Waals surface area (Å²) in [5.41, 5.74) is 1.65. The van der Waals surface area contributed by atoms with Crippen LogP contribution in [0, 0.1) is 0 Å². The molecule has 1 atom stereocenters. The van der Waals surface area contributed by atoms with Gasteiger partial charge in [-0.05, 0) is 30.7 Å². The third kappa shape index (κ3) is 5.41. The fraction of sp³-hybridized carbons (Fsp3) is 0.176. The number of carbonyl (C=O) groups is 2. The van der Waals surface area contributed by atoms with Gasteiger partial charge in [-0.25, -0.2) is 4.79 Å². The predicted molar refractivity (Wildman–Crippen MR) is 94.2 cm³/mol. The lowest BCUT2D eigenvalue weighted by molar-refractivity contribution is -0.120. The number of benzene rings is 2. The number of amides is 3. The molecule has 5 nitrogen and oxygen atoms in total. The fourth-order valence-corrected chi connectivity index (χ4v) is 2.68. The van der Waals surface area contributed by atoms with Crippen molar-refractivity contribution in [1.82, 2.24) is 10.6 Å². The maximum atomic E-state index is 11.9. The van der Waals surface area contributed by atoms with E-state index in [0.717, 1.165) is 10.0 Å². The van der Waals surface area contributed by atoms with E-state index < -0.39 is 6.03 Å². The van der Waals surface area contributed by atoms with E-state index >= 15 is 0 Å². The average Bonchev–Trinajstić information content (AvgIpc) is 2.54. The van der Waals surface area contributed by atoms with Crippen LogP contribution in [0.25, 0.3) is 0 Å². The van der Waals surface area contributed by atoms with Gasteiger partial charge in [0.2, 0.25) is 5.91 Å². The summed E-state index contributed by atoms with van der Waals surface area (Å²) in [6.45, 7) is 1.80. The molecule has 0 bridgehead atoms. The molecule has 2 rings (SSSR count). The van der Waals surface area contributed by atoms with E-state index in [1.807, 2.05) is 49.4 Å². The molecule has 0 unspecified atom stereocenters. The quantitative estimate of drug-likeness (QED) is 0.748. The summed E-state index contributed by atoms with van der Waals surface area (Å²) < 4.78 is 0.933. The number of rotatable bonds is 5. The van der Waals surface area contributed by atoms with Crippen LogP contribution in [0.3, 0.4) is 0 Å². The van der Waals surface area contributed by atoms with Crippen molar-refractivity contribution >= 4 is 33.6 Å². The van der Waals surface area contributed by atoms with E-state index in [4.69, 9.17) is 0 Å². The minimum Gasteiger partial charge on any atom is -0.348 e. The van der Waals surface area contributed by atoms with Crippen LogP contribution in [0.1, 0.15) is 18.5 Å². The summed E-state index contributed by atoms with van der Waals surface area (Å²) in [4.78, 5) is 23.6. The molecule has 0 fully saturated rings. The molecule has 2 aromatic carbocycles. The summed E-state index contributed by atoms with van der Waals surface area (Å²) in [5.74, 6) is -0.253. The van der Waals surface area contributed by atoms with Gasteiger partial charge < -0.3 is 16.0 Å². The molecule has 3 N–H and O–H groups in total. The van der Waals surface area contributed by atoms with Crippen molar-refractivity contribution in [2.24, 2.45) is 0 Å². The lowest BCUT2D eigenvalue weighted by Crippen LogP contribution is -2.39. The molecule has 0 saturated heterocycles. The topological polar surface area (TPSA) is 70.2 Å². The summed E-state index contributed by atoms with van der Waals surface area (Å²) >= 11 is 3.46. The summed E-state index contributed by atoms with van der Waals surface area (Å²) in [6.07, 6.45) is 0. The molecule has 6 heteroatoms. The Morgan fingerprint density at radius 3 is 2.39 bits per heavy atom. The van der Waals surface area contributed by atoms with Crippen molar-refractivity contribution in [2.45, 2.75) is 13.0 Å². The lowest BCUT2D eigenvalue weighted by Gasteiger charge is -2.16. The van der Waals surface area contributed by atoms with Gasteiger partial charge in [0.05, 0.1) is 12.6 Å². The number of carbonyl (C=O) groups excluding carboxylic acids is 2. The van der Waals surface area contributed by atoms with Gasteiger partial charge in [-0.2, -0.15) is 0 Å². The van der Waals surface area contributed by atoms with Gasteiger partial charge in [-0.1, -0.05) is 52.3 Å². The van der Waals surface area contributed by atoms with Gasteiger partial charge in [0, 0.05) is 10.2 Å². The Hall–Kier alpha value is -2.34. The van der Waals surface area contributed by atoms with Gasteiger partial charge in [-0.15, -0.1) is 0 Å². The molecular formula is C17H18BrN3O2. The number of hydrogen-bond acceptors (Lipinski definition) is 2. The van der Waals surface area contributed by atoms with Crippen molar-refractivity contribution in [2.75, 3.05) is 11.9 Å². The number of para-hydroxylation sites is 1. The Balaban J connectivity index is 1.79. The van der Waals surface area contributed by atoms with E-state index in [1.165, 1.54) is 0 Å².